The fourth-order valence-electron chi connectivity index (χ4n) is 8.45. The van der Waals surface area contributed by atoms with Crippen molar-refractivity contribution in [3.8, 4) is 5.75 Å². The highest BCUT2D eigenvalue weighted by Gasteiger charge is 2.74. The summed E-state index contributed by atoms with van der Waals surface area (Å²) < 4.78 is 85.2. The van der Waals surface area contributed by atoms with E-state index in [-0.39, 0.29) is 28.7 Å². The summed E-state index contributed by atoms with van der Waals surface area (Å²) in [5.41, 5.74) is 4.82. The number of aryl methyl sites for hydroxylation is 1. The van der Waals surface area contributed by atoms with Gasteiger partial charge in [-0.05, 0) is 64.8 Å². The van der Waals surface area contributed by atoms with Crippen molar-refractivity contribution in [3.05, 3.63) is 94.0 Å². The molecule has 6 aliphatic rings. The molecule has 0 spiro atoms. The Bertz CT molecular complexity index is 2020. The van der Waals surface area contributed by atoms with Crippen LogP contribution >= 0.6 is 0 Å². The first-order valence-electron chi connectivity index (χ1n) is 15.5. The highest BCUT2D eigenvalue weighted by molar-refractivity contribution is 7.87. The van der Waals surface area contributed by atoms with Crippen molar-refractivity contribution in [3.63, 3.8) is 0 Å². The van der Waals surface area contributed by atoms with E-state index < -0.39 is 84.5 Å². The lowest BCUT2D eigenvalue weighted by molar-refractivity contribution is -0.165. The number of hydrogen-bond donors (Lipinski definition) is 0. The van der Waals surface area contributed by atoms with E-state index in [0.717, 1.165) is 17.2 Å². The predicted molar refractivity (Wildman–Crippen MR) is 163 cm³/mol. The van der Waals surface area contributed by atoms with E-state index in [1.807, 2.05) is 36.4 Å². The molecule has 3 fully saturated rings. The van der Waals surface area contributed by atoms with E-state index in [1.54, 1.807) is 13.8 Å². The lowest BCUT2D eigenvalue weighted by Gasteiger charge is -2.44. The number of rotatable bonds is 6. The Morgan fingerprint density at radius 3 is 2.13 bits per heavy atom. The van der Waals surface area contributed by atoms with Crippen LogP contribution in [0.4, 0.5) is 0 Å². The fourth-order valence-corrected chi connectivity index (χ4v) is 11.2. The van der Waals surface area contributed by atoms with Gasteiger partial charge in [-0.1, -0.05) is 62.4 Å². The van der Waals surface area contributed by atoms with Gasteiger partial charge in [-0.15, -0.1) is 0 Å². The molecule has 7 atom stereocenters. The molecule has 0 amide bonds. The average molecular weight is 680 g/mol. The van der Waals surface area contributed by atoms with Crippen molar-refractivity contribution < 1.29 is 49.4 Å². The molecular weight excluding hydrogens is 648 g/mol. The lowest BCUT2D eigenvalue weighted by Crippen LogP contribution is -2.51. The second-order valence-electron chi connectivity index (χ2n) is 13.3. The van der Waals surface area contributed by atoms with Crippen molar-refractivity contribution in [2.24, 2.45) is 11.8 Å². The third kappa shape index (κ3) is 4.54. The second-order valence-corrected chi connectivity index (χ2v) is 16.4. The van der Waals surface area contributed by atoms with Crippen LogP contribution in [0.25, 0.3) is 0 Å². The van der Waals surface area contributed by atoms with E-state index >= 15 is 0 Å². The number of fused-ring (bicyclic) bond motifs is 2. The van der Waals surface area contributed by atoms with Gasteiger partial charge in [0, 0.05) is 11.8 Å². The molecule has 246 valence electrons. The SMILES string of the molecule is Cc1cc(S(=O)(=O)[O-])c(C(C)C)cc1OC(=O)C1C2OC3C(OS(=O)(=O)C31)C2OC(=O)C1CC2c3ccccc3C1c1ccccc12. The van der Waals surface area contributed by atoms with E-state index in [0.29, 0.717) is 6.42 Å². The smallest absolute Gasteiger partial charge is 0.318 e. The van der Waals surface area contributed by atoms with Crippen molar-refractivity contribution in [1.29, 1.82) is 0 Å². The van der Waals surface area contributed by atoms with Gasteiger partial charge in [0.15, 0.2) is 6.10 Å². The Morgan fingerprint density at radius 2 is 1.53 bits per heavy atom. The minimum atomic E-state index is -4.81. The summed E-state index contributed by atoms with van der Waals surface area (Å²) in [4.78, 5) is 27.4. The van der Waals surface area contributed by atoms with Gasteiger partial charge in [0.25, 0.3) is 10.1 Å². The van der Waals surface area contributed by atoms with Gasteiger partial charge in [-0.2, -0.15) is 8.42 Å². The quantitative estimate of drug-likeness (QED) is 0.162. The van der Waals surface area contributed by atoms with Crippen LogP contribution in [-0.4, -0.2) is 63.0 Å². The first-order valence-corrected chi connectivity index (χ1v) is 18.4. The minimum absolute atomic E-state index is 0.00148. The van der Waals surface area contributed by atoms with Crippen LogP contribution in [0, 0.1) is 18.8 Å². The van der Waals surface area contributed by atoms with Gasteiger partial charge in [-0.25, -0.2) is 8.42 Å². The van der Waals surface area contributed by atoms with Gasteiger partial charge in [-0.3, -0.25) is 13.8 Å². The summed E-state index contributed by atoms with van der Waals surface area (Å²) >= 11 is 0. The summed E-state index contributed by atoms with van der Waals surface area (Å²) in [5, 5.41) is -1.37. The molecule has 11 nitrogen and oxygen atoms in total. The molecule has 3 aromatic carbocycles. The Balaban J connectivity index is 1.09. The zero-order chi connectivity index (χ0) is 33.2. The molecule has 0 radical (unpaired) electrons. The van der Waals surface area contributed by atoms with Crippen LogP contribution < -0.4 is 4.74 Å². The van der Waals surface area contributed by atoms with Gasteiger partial charge in [0.05, 0.1) is 10.8 Å². The summed E-state index contributed by atoms with van der Waals surface area (Å²) in [6, 6.07) is 18.5. The largest absolute Gasteiger partial charge is 0.744 e. The van der Waals surface area contributed by atoms with Gasteiger partial charge < -0.3 is 18.8 Å². The average Bonchev–Trinajstić information content (AvgIpc) is 3.64. The number of ether oxygens (including phenoxy) is 3. The molecule has 3 heterocycles. The van der Waals surface area contributed by atoms with Crippen molar-refractivity contribution in [2.45, 2.75) is 79.5 Å². The first-order chi connectivity index (χ1) is 22.3. The lowest BCUT2D eigenvalue weighted by atomic mass is 9.59. The second kappa shape index (κ2) is 10.4. The number of esters is 2. The first kappa shape index (κ1) is 30.7. The molecule has 7 unspecified atom stereocenters. The monoisotopic (exact) mass is 679 g/mol. The molecule has 0 saturated carbocycles. The number of carbonyl (C=O) groups excluding carboxylic acids is 2. The van der Waals surface area contributed by atoms with Crippen LogP contribution in [0.1, 0.15) is 71.4 Å². The highest BCUT2D eigenvalue weighted by Crippen LogP contribution is 2.57. The Kier molecular flexibility index (Phi) is 6.82. The van der Waals surface area contributed by atoms with E-state index in [4.69, 9.17) is 18.4 Å². The third-order valence-electron chi connectivity index (χ3n) is 10.4. The Labute approximate surface area is 272 Å². The molecule has 3 aromatic rings. The minimum Gasteiger partial charge on any atom is -0.744 e. The summed E-state index contributed by atoms with van der Waals surface area (Å²) in [5.74, 6) is -4.07. The van der Waals surface area contributed by atoms with Gasteiger partial charge >= 0.3 is 11.9 Å². The maximum Gasteiger partial charge on any atom is 0.318 e. The van der Waals surface area contributed by atoms with Gasteiger partial charge in [0.1, 0.15) is 45.3 Å². The van der Waals surface area contributed by atoms with Crippen molar-refractivity contribution in [1.82, 2.24) is 0 Å². The van der Waals surface area contributed by atoms with E-state index in [2.05, 4.69) is 12.1 Å². The van der Waals surface area contributed by atoms with Crippen LogP contribution in [0.15, 0.2) is 65.6 Å². The fraction of sp³-hybridized carbons (Fsp3) is 0.412. The van der Waals surface area contributed by atoms with Crippen LogP contribution in [0.3, 0.4) is 0 Å². The molecule has 3 saturated heterocycles. The number of carbonyl (C=O) groups is 2. The standard InChI is InChI=1S/C34H32O11S2/c1-15(2)21-14-24(16(3)12-25(21)46(37,38)39)42-34(36)27-28-29(30-31(43-28)32(27)47(40,41)45-30)44-33(35)23-13-22-17-8-4-6-10-19(17)26(23)20-11-7-5-9-18(20)22/h4-12,14-15,22-23,26-32H,13H2,1-3H3,(H,37,38,39)/p-1. The van der Waals surface area contributed by atoms with Gasteiger partial charge in [0.2, 0.25) is 0 Å². The van der Waals surface area contributed by atoms with Crippen LogP contribution in [-0.2, 0) is 43.5 Å². The van der Waals surface area contributed by atoms with Crippen molar-refractivity contribution in [2.75, 3.05) is 0 Å². The van der Waals surface area contributed by atoms with Crippen LogP contribution in [0.5, 0.6) is 5.75 Å². The molecule has 47 heavy (non-hydrogen) atoms. The molecule has 4 bridgehead atoms. The molecule has 13 heteroatoms. The maximum atomic E-state index is 14.0. The summed E-state index contributed by atoms with van der Waals surface area (Å²) in [6.45, 7) is 4.85. The molecule has 3 aliphatic carbocycles. The van der Waals surface area contributed by atoms with Crippen molar-refractivity contribution >= 4 is 32.2 Å². The van der Waals surface area contributed by atoms with E-state index in [1.165, 1.54) is 24.1 Å². The number of hydrogen-bond acceptors (Lipinski definition) is 11. The van der Waals surface area contributed by atoms with E-state index in [9.17, 15) is 31.0 Å². The topological polar surface area (TPSA) is 162 Å². The van der Waals surface area contributed by atoms with Crippen LogP contribution in [0.2, 0.25) is 0 Å². The molecule has 0 aromatic heterocycles. The highest BCUT2D eigenvalue weighted by atomic mass is 32.2. The molecule has 9 rings (SSSR count). The normalized spacial score (nSPS) is 32.2. The predicted octanol–water partition coefficient (Wildman–Crippen LogP) is 3.63. The summed E-state index contributed by atoms with van der Waals surface area (Å²) in [7, 11) is -9.11. The molecule has 0 N–H and O–H groups in total. The third-order valence-corrected chi connectivity index (χ3v) is 13.0. The maximum absolute atomic E-state index is 14.0. The Hall–Kier alpha value is -3.62. The molecular formula is C34H31O11S2-. The molecule has 3 aliphatic heterocycles. The zero-order valence-electron chi connectivity index (χ0n) is 25.6. The number of benzene rings is 3. The summed E-state index contributed by atoms with van der Waals surface area (Å²) in [6.07, 6.45) is -3.94. The Morgan fingerprint density at radius 1 is 0.915 bits per heavy atom. The zero-order valence-corrected chi connectivity index (χ0v) is 27.2.